The molecule has 1 nitrogen and oxygen atoms in total. The maximum atomic E-state index is 4.94. The van der Waals surface area contributed by atoms with Crippen molar-refractivity contribution in [1.29, 1.82) is 0 Å². The molecular formula is C5H12OZr. The molecule has 0 aliphatic heterocycles. The van der Waals surface area contributed by atoms with Gasteiger partial charge in [-0.25, -0.2) is 0 Å². The van der Waals surface area contributed by atoms with Gasteiger partial charge in [0.05, 0.1) is 5.60 Å². The molecule has 0 N–H and O–H groups in total. The van der Waals surface area contributed by atoms with Gasteiger partial charge in [-0.1, -0.05) is 0 Å². The monoisotopic (exact) mass is 178 g/mol. The first-order chi connectivity index (χ1) is 2.56. The molecular weight excluding hydrogens is 167 g/mol. The Morgan fingerprint density at radius 1 is 1.14 bits per heavy atom. The van der Waals surface area contributed by atoms with E-state index >= 15 is 0 Å². The molecule has 0 rings (SSSR count). The van der Waals surface area contributed by atoms with Crippen LogP contribution in [0.1, 0.15) is 20.8 Å². The van der Waals surface area contributed by atoms with E-state index in [9.17, 15) is 0 Å². The van der Waals surface area contributed by atoms with Crippen LogP contribution in [-0.2, 0) is 30.9 Å². The smallest absolute Gasteiger partial charge is 0.0594 e. The summed E-state index contributed by atoms with van der Waals surface area (Å²) >= 11 is 0. The second-order valence-electron chi connectivity index (χ2n) is 2.32. The van der Waals surface area contributed by atoms with Crippen LogP contribution >= 0.6 is 0 Å². The fraction of sp³-hybridized carbons (Fsp3) is 1.00. The maximum Gasteiger partial charge on any atom is 0.0594 e. The Labute approximate surface area is 64.6 Å². The van der Waals surface area contributed by atoms with E-state index in [2.05, 4.69) is 0 Å². The third kappa shape index (κ3) is 10.9. The van der Waals surface area contributed by atoms with E-state index in [-0.39, 0.29) is 31.8 Å². The third-order valence-electron chi connectivity index (χ3n) is 0.612. The largest absolute Gasteiger partial charge is 0.379 e. The zero-order chi connectivity index (χ0) is 5.21. The van der Waals surface area contributed by atoms with Crippen LogP contribution in [0.4, 0.5) is 0 Å². The van der Waals surface area contributed by atoms with E-state index in [4.69, 9.17) is 4.74 Å². The molecule has 0 aliphatic carbocycles. The standard InChI is InChI=1S/C5H12O.Zr/c1-5(2,3)6-4;/h1-4H3;. The third-order valence-corrected chi connectivity index (χ3v) is 0.612. The van der Waals surface area contributed by atoms with Gasteiger partial charge in [0.1, 0.15) is 0 Å². The van der Waals surface area contributed by atoms with E-state index < -0.39 is 0 Å². The summed E-state index contributed by atoms with van der Waals surface area (Å²) in [6.45, 7) is 6.06. The molecule has 0 spiro atoms. The molecule has 0 aromatic rings. The minimum Gasteiger partial charge on any atom is -0.379 e. The van der Waals surface area contributed by atoms with Crippen LogP contribution < -0.4 is 0 Å². The van der Waals surface area contributed by atoms with Crippen molar-refractivity contribution < 1.29 is 30.9 Å². The van der Waals surface area contributed by atoms with Crippen molar-refractivity contribution in [1.82, 2.24) is 0 Å². The molecule has 2 heteroatoms. The Bertz CT molecular complexity index is 37.8. The van der Waals surface area contributed by atoms with Crippen molar-refractivity contribution >= 4 is 0 Å². The van der Waals surface area contributed by atoms with Gasteiger partial charge in [0, 0.05) is 33.3 Å². The summed E-state index contributed by atoms with van der Waals surface area (Å²) in [4.78, 5) is 0. The molecule has 0 atom stereocenters. The maximum absolute atomic E-state index is 4.94. The molecule has 0 bridgehead atoms. The van der Waals surface area contributed by atoms with Gasteiger partial charge in [0.2, 0.25) is 0 Å². The van der Waals surface area contributed by atoms with Crippen LogP contribution in [-0.4, -0.2) is 12.7 Å². The van der Waals surface area contributed by atoms with E-state index in [1.54, 1.807) is 7.11 Å². The second kappa shape index (κ2) is 3.80. The Morgan fingerprint density at radius 2 is 1.29 bits per heavy atom. The van der Waals surface area contributed by atoms with Crippen LogP contribution in [0.2, 0.25) is 0 Å². The second-order valence-corrected chi connectivity index (χ2v) is 2.32. The summed E-state index contributed by atoms with van der Waals surface area (Å²) in [7, 11) is 1.71. The van der Waals surface area contributed by atoms with Gasteiger partial charge in [-0.05, 0) is 20.8 Å². The molecule has 0 saturated carbocycles. The predicted octanol–water partition coefficient (Wildman–Crippen LogP) is 1.43. The van der Waals surface area contributed by atoms with Crippen molar-refractivity contribution in [3.8, 4) is 0 Å². The molecule has 0 fully saturated rings. The van der Waals surface area contributed by atoms with Gasteiger partial charge < -0.3 is 4.74 Å². The van der Waals surface area contributed by atoms with Crippen molar-refractivity contribution in [3.05, 3.63) is 0 Å². The summed E-state index contributed by atoms with van der Waals surface area (Å²) < 4.78 is 4.94. The SMILES string of the molecule is COC(C)(C)C.[Zr]. The van der Waals surface area contributed by atoms with Gasteiger partial charge in [0.25, 0.3) is 0 Å². The number of ether oxygens (including phenoxy) is 1. The average molecular weight is 179 g/mol. The molecule has 7 heavy (non-hydrogen) atoms. The minimum absolute atomic E-state index is 0. The normalized spacial score (nSPS) is 10.3. The zero-order valence-corrected chi connectivity index (χ0v) is 7.87. The molecule has 0 heterocycles. The summed E-state index contributed by atoms with van der Waals surface area (Å²) in [6.07, 6.45) is 0. The predicted molar refractivity (Wildman–Crippen MR) is 26.8 cm³/mol. The van der Waals surface area contributed by atoms with Crippen LogP contribution in [0.5, 0.6) is 0 Å². The summed E-state index contributed by atoms with van der Waals surface area (Å²) in [5.74, 6) is 0. The Morgan fingerprint density at radius 3 is 1.29 bits per heavy atom. The summed E-state index contributed by atoms with van der Waals surface area (Å²) in [5, 5.41) is 0. The first-order valence-electron chi connectivity index (χ1n) is 2.11. The van der Waals surface area contributed by atoms with Gasteiger partial charge in [-0.3, -0.25) is 0 Å². The van der Waals surface area contributed by atoms with Crippen LogP contribution in [0.25, 0.3) is 0 Å². The van der Waals surface area contributed by atoms with Gasteiger partial charge >= 0.3 is 0 Å². The number of hydrogen-bond donors (Lipinski definition) is 0. The topological polar surface area (TPSA) is 9.23 Å². The molecule has 0 aromatic carbocycles. The average Bonchev–Trinajstić information content (AvgIpc) is 1.35. The molecule has 0 radical (unpaired) electrons. The van der Waals surface area contributed by atoms with E-state index in [0.717, 1.165) is 0 Å². The van der Waals surface area contributed by atoms with Crippen molar-refractivity contribution in [2.24, 2.45) is 0 Å². The molecule has 0 amide bonds. The molecule has 0 saturated heterocycles. The van der Waals surface area contributed by atoms with Crippen molar-refractivity contribution in [2.75, 3.05) is 7.11 Å². The van der Waals surface area contributed by atoms with E-state index in [1.807, 2.05) is 20.8 Å². The van der Waals surface area contributed by atoms with Crippen LogP contribution in [0.3, 0.4) is 0 Å². The summed E-state index contributed by atoms with van der Waals surface area (Å²) in [5.41, 5.74) is 0.0417. The van der Waals surface area contributed by atoms with Crippen LogP contribution in [0.15, 0.2) is 0 Å². The molecule has 0 aromatic heterocycles. The Hall–Kier alpha value is 0.843. The quantitative estimate of drug-likeness (QED) is 0.547. The number of rotatable bonds is 0. The fourth-order valence-electron chi connectivity index (χ4n) is 0. The van der Waals surface area contributed by atoms with Crippen molar-refractivity contribution in [3.63, 3.8) is 0 Å². The van der Waals surface area contributed by atoms with E-state index in [0.29, 0.717) is 0 Å². The zero-order valence-electron chi connectivity index (χ0n) is 5.41. The number of hydrogen-bond acceptors (Lipinski definition) is 1. The molecule has 42 valence electrons. The van der Waals surface area contributed by atoms with Crippen LogP contribution in [0, 0.1) is 0 Å². The number of methoxy groups -OCH3 is 1. The Balaban J connectivity index is 0. The first kappa shape index (κ1) is 10.8. The molecule has 0 unspecified atom stereocenters. The summed E-state index contributed by atoms with van der Waals surface area (Å²) in [6, 6.07) is 0. The Kier molecular flexibility index (Phi) is 5.84. The van der Waals surface area contributed by atoms with Gasteiger partial charge in [0.15, 0.2) is 0 Å². The molecule has 0 aliphatic rings. The first-order valence-corrected chi connectivity index (χ1v) is 2.11. The van der Waals surface area contributed by atoms with Gasteiger partial charge in [-0.2, -0.15) is 0 Å². The van der Waals surface area contributed by atoms with Crippen molar-refractivity contribution in [2.45, 2.75) is 26.4 Å². The van der Waals surface area contributed by atoms with E-state index in [1.165, 1.54) is 0 Å². The fourth-order valence-corrected chi connectivity index (χ4v) is 0. The minimum atomic E-state index is 0. The van der Waals surface area contributed by atoms with Gasteiger partial charge in [-0.15, -0.1) is 0 Å².